The van der Waals surface area contributed by atoms with Crippen LogP contribution in [-0.2, 0) is 19.1 Å². The van der Waals surface area contributed by atoms with Gasteiger partial charge in [-0.15, -0.1) is 0 Å². The topological polar surface area (TPSA) is 129 Å². The lowest BCUT2D eigenvalue weighted by Crippen LogP contribution is -2.41. The number of ether oxygens (including phenoxy) is 2. The Morgan fingerprint density at radius 1 is 1.03 bits per heavy atom. The number of rotatable bonds is 6. The first-order valence-electron chi connectivity index (χ1n) is 10.4. The second-order valence-electron chi connectivity index (χ2n) is 7.10. The molecule has 172 valence electrons. The molecule has 34 heavy (non-hydrogen) atoms. The summed E-state index contributed by atoms with van der Waals surface area (Å²) in [6, 6.07) is 15.4. The van der Waals surface area contributed by atoms with E-state index in [4.69, 9.17) is 20.5 Å². The summed E-state index contributed by atoms with van der Waals surface area (Å²) in [6.07, 6.45) is 0. The van der Waals surface area contributed by atoms with Crippen LogP contribution in [0.2, 0.25) is 0 Å². The van der Waals surface area contributed by atoms with E-state index >= 15 is 0 Å². The average molecular weight is 460 g/mol. The average Bonchev–Trinajstić information content (AvgIpc) is 2.83. The number of allylic oxidation sites excluding steroid dienone is 1. The highest BCUT2D eigenvalue weighted by molar-refractivity contribution is 6.06. The van der Waals surface area contributed by atoms with Gasteiger partial charge in [-0.1, -0.05) is 18.2 Å². The lowest BCUT2D eigenvalue weighted by Gasteiger charge is -2.36. The Bertz CT molecular complexity index is 1270. The molecule has 2 aromatic carbocycles. The van der Waals surface area contributed by atoms with Gasteiger partial charge in [0.25, 0.3) is 0 Å². The summed E-state index contributed by atoms with van der Waals surface area (Å²) in [5.41, 5.74) is 6.78. The Hall–Kier alpha value is -4.63. The van der Waals surface area contributed by atoms with E-state index in [0.29, 0.717) is 11.1 Å². The molecule has 1 heterocycles. The van der Waals surface area contributed by atoms with E-state index in [0.717, 1.165) is 11.0 Å². The fraction of sp³-hybridized carbons (Fsp3) is 0.200. The fourth-order valence-electron chi connectivity index (χ4n) is 3.70. The van der Waals surface area contributed by atoms with Crippen LogP contribution < -0.4 is 10.6 Å². The molecule has 1 aliphatic heterocycles. The van der Waals surface area contributed by atoms with Gasteiger partial charge in [0.15, 0.2) is 0 Å². The molecule has 0 saturated heterocycles. The summed E-state index contributed by atoms with van der Waals surface area (Å²) >= 11 is 0. The maximum atomic E-state index is 14.1. The lowest BCUT2D eigenvalue weighted by molar-refractivity contribution is -0.142. The largest absolute Gasteiger partial charge is 0.463 e. The molecule has 0 spiro atoms. The normalized spacial score (nSPS) is 15.4. The number of nitrogens with zero attached hydrogens (tertiary/aromatic N) is 3. The molecule has 0 fully saturated rings. The van der Waals surface area contributed by atoms with Gasteiger partial charge < -0.3 is 15.2 Å². The van der Waals surface area contributed by atoms with Gasteiger partial charge >= 0.3 is 11.9 Å². The Kier molecular flexibility index (Phi) is 7.29. The fourth-order valence-corrected chi connectivity index (χ4v) is 3.70. The standard InChI is InChI=1S/C25H21FN4O4/c1-3-33-24(31)21-20(16-10-8-15(13-27)9-11-16)19(14-28)23(29)30(22(21)25(32)34-4-2)18-7-5-6-17(26)12-18/h5-12,20H,3-4,29H2,1-2H3. The zero-order chi connectivity index (χ0) is 24.8. The van der Waals surface area contributed by atoms with Crippen molar-refractivity contribution in [3.8, 4) is 12.1 Å². The van der Waals surface area contributed by atoms with Crippen LogP contribution in [0.4, 0.5) is 10.1 Å². The summed E-state index contributed by atoms with van der Waals surface area (Å²) in [5.74, 6) is -3.62. The van der Waals surface area contributed by atoms with Crippen molar-refractivity contribution in [1.82, 2.24) is 0 Å². The molecule has 0 saturated carbocycles. The van der Waals surface area contributed by atoms with Crippen molar-refractivity contribution in [3.63, 3.8) is 0 Å². The third-order valence-corrected chi connectivity index (χ3v) is 5.10. The number of nitrogens with two attached hydrogens (primary N) is 1. The summed E-state index contributed by atoms with van der Waals surface area (Å²) in [6.45, 7) is 3.18. The summed E-state index contributed by atoms with van der Waals surface area (Å²) < 4.78 is 24.6. The van der Waals surface area contributed by atoms with Crippen molar-refractivity contribution in [2.45, 2.75) is 19.8 Å². The molecule has 8 nitrogen and oxygen atoms in total. The van der Waals surface area contributed by atoms with E-state index < -0.39 is 23.7 Å². The number of hydrogen-bond acceptors (Lipinski definition) is 8. The molecule has 3 rings (SSSR count). The molecule has 1 atom stereocenters. The Labute approximate surface area is 195 Å². The molecule has 2 N–H and O–H groups in total. The van der Waals surface area contributed by atoms with Crippen molar-refractivity contribution in [2.24, 2.45) is 5.73 Å². The zero-order valence-electron chi connectivity index (χ0n) is 18.5. The molecule has 1 unspecified atom stereocenters. The zero-order valence-corrected chi connectivity index (χ0v) is 18.5. The maximum absolute atomic E-state index is 14.1. The third kappa shape index (κ3) is 4.45. The smallest absolute Gasteiger partial charge is 0.355 e. The predicted molar refractivity (Wildman–Crippen MR) is 120 cm³/mol. The van der Waals surface area contributed by atoms with Gasteiger partial charge in [-0.2, -0.15) is 10.5 Å². The molecule has 1 aliphatic rings. The van der Waals surface area contributed by atoms with Crippen LogP contribution in [-0.4, -0.2) is 25.2 Å². The van der Waals surface area contributed by atoms with Crippen molar-refractivity contribution in [2.75, 3.05) is 18.1 Å². The van der Waals surface area contributed by atoms with Crippen LogP contribution in [0.3, 0.4) is 0 Å². The SMILES string of the molecule is CCOC(=O)C1=C(C(=O)OCC)N(c2cccc(F)c2)C(N)=C(C#N)C1c1ccc(C#N)cc1. The van der Waals surface area contributed by atoms with Crippen LogP contribution >= 0.6 is 0 Å². The Morgan fingerprint density at radius 2 is 1.68 bits per heavy atom. The van der Waals surface area contributed by atoms with Crippen molar-refractivity contribution in [3.05, 3.63) is 88.1 Å². The van der Waals surface area contributed by atoms with Crippen molar-refractivity contribution in [1.29, 1.82) is 10.5 Å². The first kappa shape index (κ1) is 24.0. The first-order valence-corrected chi connectivity index (χ1v) is 10.4. The van der Waals surface area contributed by atoms with Gasteiger partial charge in [-0.05, 0) is 49.7 Å². The highest BCUT2D eigenvalue weighted by Gasteiger charge is 2.43. The van der Waals surface area contributed by atoms with E-state index in [1.807, 2.05) is 12.1 Å². The monoisotopic (exact) mass is 460 g/mol. The minimum Gasteiger partial charge on any atom is -0.463 e. The number of nitriles is 2. The molecule has 0 aliphatic carbocycles. The highest BCUT2D eigenvalue weighted by atomic mass is 19.1. The second kappa shape index (κ2) is 10.3. The molecule has 9 heteroatoms. The third-order valence-electron chi connectivity index (χ3n) is 5.10. The van der Waals surface area contributed by atoms with Gasteiger partial charge in [0.2, 0.25) is 0 Å². The number of carbonyl (C=O) groups is 2. The van der Waals surface area contributed by atoms with Gasteiger partial charge in [-0.25, -0.2) is 14.0 Å². The van der Waals surface area contributed by atoms with Crippen LogP contribution in [0.5, 0.6) is 0 Å². The number of hydrogen-bond donors (Lipinski definition) is 1. The number of halogens is 1. The van der Waals surface area contributed by atoms with Gasteiger partial charge in [0.1, 0.15) is 17.3 Å². The molecule has 0 bridgehead atoms. The van der Waals surface area contributed by atoms with Gasteiger partial charge in [0.05, 0.1) is 53.7 Å². The quantitative estimate of drug-likeness (QED) is 0.650. The molecular weight excluding hydrogens is 439 g/mol. The van der Waals surface area contributed by atoms with Gasteiger partial charge in [-0.3, -0.25) is 4.90 Å². The van der Waals surface area contributed by atoms with E-state index in [1.165, 1.54) is 30.3 Å². The van der Waals surface area contributed by atoms with E-state index in [-0.39, 0.29) is 41.6 Å². The Morgan fingerprint density at radius 3 is 2.24 bits per heavy atom. The number of carbonyl (C=O) groups excluding carboxylic acids is 2. The van der Waals surface area contributed by atoms with E-state index in [2.05, 4.69) is 0 Å². The summed E-state index contributed by atoms with van der Waals surface area (Å²) in [7, 11) is 0. The van der Waals surface area contributed by atoms with E-state index in [9.17, 15) is 19.2 Å². The number of benzene rings is 2. The molecule has 2 aromatic rings. The van der Waals surface area contributed by atoms with Gasteiger partial charge in [0, 0.05) is 0 Å². The maximum Gasteiger partial charge on any atom is 0.355 e. The number of esters is 2. The van der Waals surface area contributed by atoms with Crippen molar-refractivity contribution >= 4 is 17.6 Å². The summed E-state index contributed by atoms with van der Waals surface area (Å²) in [4.78, 5) is 27.5. The first-order chi connectivity index (χ1) is 16.4. The van der Waals surface area contributed by atoms with Crippen LogP contribution in [0.1, 0.15) is 30.9 Å². The second-order valence-corrected chi connectivity index (χ2v) is 7.10. The van der Waals surface area contributed by atoms with Crippen LogP contribution in [0, 0.1) is 28.5 Å². The molecule has 0 amide bonds. The predicted octanol–water partition coefficient (Wildman–Crippen LogP) is 3.38. The minimum absolute atomic E-state index is 0.000419. The minimum atomic E-state index is -1.08. The lowest BCUT2D eigenvalue weighted by atomic mass is 9.80. The number of anilines is 1. The van der Waals surface area contributed by atoms with Crippen molar-refractivity contribution < 1.29 is 23.5 Å². The highest BCUT2D eigenvalue weighted by Crippen LogP contribution is 2.43. The molecule has 0 radical (unpaired) electrons. The van der Waals surface area contributed by atoms with Crippen LogP contribution in [0.25, 0.3) is 0 Å². The van der Waals surface area contributed by atoms with Crippen LogP contribution in [0.15, 0.2) is 71.2 Å². The molecular formula is C25H21FN4O4. The molecule has 0 aromatic heterocycles. The Balaban J connectivity index is 2.40. The summed E-state index contributed by atoms with van der Waals surface area (Å²) in [5, 5.41) is 19.2. The van der Waals surface area contributed by atoms with E-state index in [1.54, 1.807) is 26.0 Å².